The van der Waals surface area contributed by atoms with Crippen molar-refractivity contribution >= 4 is 29.0 Å². The summed E-state index contributed by atoms with van der Waals surface area (Å²) in [6.45, 7) is 4.05. The zero-order valence-corrected chi connectivity index (χ0v) is 12.6. The Balaban J connectivity index is 1.78. The zero-order chi connectivity index (χ0) is 13.5. The van der Waals surface area contributed by atoms with Crippen LogP contribution in [0, 0.1) is 0 Å². The molecule has 104 valence electrons. The van der Waals surface area contributed by atoms with Gasteiger partial charge in [-0.15, -0.1) is 0 Å². The van der Waals surface area contributed by atoms with E-state index in [4.69, 9.17) is 22.7 Å². The third-order valence-electron chi connectivity index (χ3n) is 3.11. The highest BCUT2D eigenvalue weighted by Gasteiger charge is 2.08. The second-order valence-electron chi connectivity index (χ2n) is 4.55. The summed E-state index contributed by atoms with van der Waals surface area (Å²) in [5, 5.41) is 0. The average molecular weight is 296 g/mol. The summed E-state index contributed by atoms with van der Waals surface area (Å²) in [7, 11) is 0. The number of nitrogens with two attached hydrogens (primary N) is 1. The van der Waals surface area contributed by atoms with Gasteiger partial charge in [0, 0.05) is 24.4 Å². The number of thioether (sulfide) groups is 1. The molecule has 5 heteroatoms. The van der Waals surface area contributed by atoms with Crippen molar-refractivity contribution in [1.82, 2.24) is 4.90 Å². The van der Waals surface area contributed by atoms with Gasteiger partial charge < -0.3 is 10.5 Å². The molecular weight excluding hydrogens is 276 g/mol. The Labute approximate surface area is 124 Å². The molecule has 0 bridgehead atoms. The van der Waals surface area contributed by atoms with E-state index in [1.54, 1.807) is 0 Å². The van der Waals surface area contributed by atoms with E-state index < -0.39 is 0 Å². The molecule has 0 unspecified atom stereocenters. The minimum atomic E-state index is 0.412. The van der Waals surface area contributed by atoms with Gasteiger partial charge in [-0.1, -0.05) is 24.4 Å². The van der Waals surface area contributed by atoms with E-state index in [0.29, 0.717) is 11.6 Å². The third-order valence-corrected chi connectivity index (χ3v) is 4.39. The monoisotopic (exact) mass is 296 g/mol. The van der Waals surface area contributed by atoms with Crippen LogP contribution in [0.4, 0.5) is 0 Å². The summed E-state index contributed by atoms with van der Waals surface area (Å²) in [6, 6.07) is 7.67. The van der Waals surface area contributed by atoms with Crippen molar-refractivity contribution in [3.63, 3.8) is 0 Å². The van der Waals surface area contributed by atoms with Crippen molar-refractivity contribution in [3.05, 3.63) is 29.8 Å². The van der Waals surface area contributed by atoms with Crippen LogP contribution >= 0.6 is 24.0 Å². The molecule has 1 heterocycles. The first kappa shape index (κ1) is 14.6. The average Bonchev–Trinajstić information content (AvgIpc) is 2.68. The Hall–Kier alpha value is -0.780. The van der Waals surface area contributed by atoms with E-state index in [0.717, 1.165) is 17.9 Å². The molecule has 1 aliphatic heterocycles. The Morgan fingerprint density at radius 3 is 3.11 bits per heavy atom. The lowest BCUT2D eigenvalue weighted by Gasteiger charge is -2.19. The molecule has 2 rings (SSSR count). The van der Waals surface area contributed by atoms with Crippen LogP contribution in [0.25, 0.3) is 0 Å². The lowest BCUT2D eigenvalue weighted by molar-refractivity contribution is 0.219. The van der Waals surface area contributed by atoms with E-state index in [-0.39, 0.29) is 0 Å². The second kappa shape index (κ2) is 7.72. The molecular formula is C14H20N2OS2. The SMILES string of the molecule is NC(=S)c1cccc(OCCN2CCCSCC2)c1. The fourth-order valence-electron chi connectivity index (χ4n) is 2.05. The van der Waals surface area contributed by atoms with Crippen molar-refractivity contribution in [2.45, 2.75) is 6.42 Å². The van der Waals surface area contributed by atoms with Gasteiger partial charge in [0.25, 0.3) is 0 Å². The second-order valence-corrected chi connectivity index (χ2v) is 6.21. The topological polar surface area (TPSA) is 38.5 Å². The molecule has 1 aromatic rings. The Kier molecular flexibility index (Phi) is 5.94. The van der Waals surface area contributed by atoms with Gasteiger partial charge in [0.2, 0.25) is 0 Å². The Morgan fingerprint density at radius 1 is 1.37 bits per heavy atom. The molecule has 1 saturated heterocycles. The molecule has 19 heavy (non-hydrogen) atoms. The third kappa shape index (κ3) is 5.01. The van der Waals surface area contributed by atoms with Crippen molar-refractivity contribution in [2.24, 2.45) is 5.73 Å². The van der Waals surface area contributed by atoms with Crippen molar-refractivity contribution < 1.29 is 4.74 Å². The van der Waals surface area contributed by atoms with Crippen molar-refractivity contribution in [2.75, 3.05) is 37.7 Å². The normalized spacial score (nSPS) is 16.8. The van der Waals surface area contributed by atoms with Crippen LogP contribution in [0.2, 0.25) is 0 Å². The molecule has 0 spiro atoms. The summed E-state index contributed by atoms with van der Waals surface area (Å²) in [5.41, 5.74) is 6.47. The first-order valence-corrected chi connectivity index (χ1v) is 8.15. The zero-order valence-electron chi connectivity index (χ0n) is 11.0. The predicted molar refractivity (Wildman–Crippen MR) is 86.2 cm³/mol. The van der Waals surface area contributed by atoms with Crippen LogP contribution in [0.5, 0.6) is 5.75 Å². The van der Waals surface area contributed by atoms with Crippen LogP contribution in [-0.2, 0) is 0 Å². The molecule has 3 nitrogen and oxygen atoms in total. The van der Waals surface area contributed by atoms with Crippen LogP contribution in [0.3, 0.4) is 0 Å². The first-order valence-electron chi connectivity index (χ1n) is 6.58. The molecule has 0 atom stereocenters. The number of hydrogen-bond donors (Lipinski definition) is 1. The largest absolute Gasteiger partial charge is 0.492 e. The fraction of sp³-hybridized carbons (Fsp3) is 0.500. The number of nitrogens with zero attached hydrogens (tertiary/aromatic N) is 1. The lowest BCUT2D eigenvalue weighted by atomic mass is 10.2. The first-order chi connectivity index (χ1) is 9.25. The summed E-state index contributed by atoms with van der Waals surface area (Å²) in [4.78, 5) is 2.88. The molecule has 1 aliphatic rings. The number of thiocarbonyl (C=S) groups is 1. The van der Waals surface area contributed by atoms with Gasteiger partial charge >= 0.3 is 0 Å². The maximum Gasteiger partial charge on any atom is 0.120 e. The molecule has 0 aliphatic carbocycles. The van der Waals surface area contributed by atoms with Gasteiger partial charge in [-0.3, -0.25) is 4.90 Å². The van der Waals surface area contributed by atoms with Gasteiger partial charge in [0.1, 0.15) is 17.3 Å². The summed E-state index contributed by atoms with van der Waals surface area (Å²) < 4.78 is 5.78. The Bertz CT molecular complexity index is 418. The number of hydrogen-bond acceptors (Lipinski definition) is 4. The molecule has 0 aromatic heterocycles. The van der Waals surface area contributed by atoms with E-state index in [1.807, 2.05) is 36.0 Å². The number of rotatable bonds is 5. The van der Waals surface area contributed by atoms with Gasteiger partial charge in [0.05, 0.1) is 0 Å². The highest BCUT2D eigenvalue weighted by Crippen LogP contribution is 2.14. The maximum atomic E-state index is 5.78. The molecule has 2 N–H and O–H groups in total. The minimum absolute atomic E-state index is 0.412. The van der Waals surface area contributed by atoms with Crippen molar-refractivity contribution in [1.29, 1.82) is 0 Å². The van der Waals surface area contributed by atoms with Crippen LogP contribution in [-0.4, -0.2) is 47.6 Å². The van der Waals surface area contributed by atoms with Gasteiger partial charge in [-0.2, -0.15) is 11.8 Å². The molecule has 0 saturated carbocycles. The lowest BCUT2D eigenvalue weighted by Crippen LogP contribution is -2.30. The standard InChI is InChI=1S/C14H20N2OS2/c15-14(18)12-3-1-4-13(11-12)17-8-6-16-5-2-9-19-10-7-16/h1,3-4,11H,2,5-10H2,(H2,15,18). The van der Waals surface area contributed by atoms with E-state index in [9.17, 15) is 0 Å². The van der Waals surface area contributed by atoms with Crippen LogP contribution < -0.4 is 10.5 Å². The summed E-state index contributed by atoms with van der Waals surface area (Å²) in [6.07, 6.45) is 1.28. The number of benzene rings is 1. The minimum Gasteiger partial charge on any atom is -0.492 e. The van der Waals surface area contributed by atoms with Gasteiger partial charge in [-0.25, -0.2) is 0 Å². The van der Waals surface area contributed by atoms with E-state index >= 15 is 0 Å². The van der Waals surface area contributed by atoms with E-state index in [1.165, 1.54) is 31.0 Å². The Morgan fingerprint density at radius 2 is 2.26 bits per heavy atom. The predicted octanol–water partition coefficient (Wildman–Crippen LogP) is 2.14. The summed E-state index contributed by atoms with van der Waals surface area (Å²) >= 11 is 7.01. The van der Waals surface area contributed by atoms with Crippen molar-refractivity contribution in [3.8, 4) is 5.75 Å². The van der Waals surface area contributed by atoms with Crippen LogP contribution in [0.1, 0.15) is 12.0 Å². The quantitative estimate of drug-likeness (QED) is 0.843. The fourth-order valence-corrected chi connectivity index (χ4v) is 3.10. The van der Waals surface area contributed by atoms with Gasteiger partial charge in [-0.05, 0) is 30.9 Å². The van der Waals surface area contributed by atoms with E-state index in [2.05, 4.69) is 4.90 Å². The molecule has 0 amide bonds. The maximum absolute atomic E-state index is 5.78. The number of ether oxygens (including phenoxy) is 1. The smallest absolute Gasteiger partial charge is 0.120 e. The van der Waals surface area contributed by atoms with Gasteiger partial charge in [0.15, 0.2) is 0 Å². The highest BCUT2D eigenvalue weighted by molar-refractivity contribution is 7.99. The summed E-state index contributed by atoms with van der Waals surface area (Å²) in [5.74, 6) is 3.36. The van der Waals surface area contributed by atoms with Crippen LogP contribution in [0.15, 0.2) is 24.3 Å². The molecule has 0 radical (unpaired) electrons. The molecule has 1 aromatic carbocycles. The highest BCUT2D eigenvalue weighted by atomic mass is 32.2. The molecule has 1 fully saturated rings.